The van der Waals surface area contributed by atoms with Gasteiger partial charge in [0.25, 0.3) is 5.91 Å². The van der Waals surface area contributed by atoms with Crippen molar-refractivity contribution in [3.8, 4) is 11.3 Å². The van der Waals surface area contributed by atoms with E-state index in [4.69, 9.17) is 0 Å². The minimum absolute atomic E-state index is 0.158. The van der Waals surface area contributed by atoms with Crippen LogP contribution in [0, 0.1) is 0 Å². The van der Waals surface area contributed by atoms with E-state index in [1.54, 1.807) is 24.5 Å². The number of carbonyl (C=O) groups is 2. The normalized spacial score (nSPS) is 15.7. The number of amides is 2. The van der Waals surface area contributed by atoms with E-state index in [2.05, 4.69) is 20.6 Å². The van der Waals surface area contributed by atoms with Crippen LogP contribution >= 0.6 is 0 Å². The van der Waals surface area contributed by atoms with Crippen LogP contribution in [-0.4, -0.2) is 28.3 Å². The zero-order chi connectivity index (χ0) is 17.9. The molecule has 0 fully saturated rings. The highest BCUT2D eigenvalue weighted by molar-refractivity contribution is 6.04. The lowest BCUT2D eigenvalue weighted by molar-refractivity contribution is -0.117. The Balaban J connectivity index is 1.65. The maximum atomic E-state index is 12.9. The molecule has 128 valence electrons. The smallest absolute Gasteiger partial charge is 0.251 e. The number of anilines is 1. The van der Waals surface area contributed by atoms with Gasteiger partial charge in [0.1, 0.15) is 5.69 Å². The Hall–Kier alpha value is -3.54. The van der Waals surface area contributed by atoms with E-state index in [0.29, 0.717) is 17.1 Å². The lowest BCUT2D eigenvalue weighted by atomic mass is 9.90. The minimum Gasteiger partial charge on any atom is -0.351 e. The number of carbonyl (C=O) groups excluding carboxylic acids is 2. The lowest BCUT2D eigenvalue weighted by Gasteiger charge is -2.25. The molecule has 0 bridgehead atoms. The molecule has 2 aromatic carbocycles. The average Bonchev–Trinajstić information content (AvgIpc) is 2.69. The molecule has 0 aliphatic carbocycles. The van der Waals surface area contributed by atoms with Gasteiger partial charge in [-0.05, 0) is 11.6 Å². The number of aromatic nitrogens is 2. The van der Waals surface area contributed by atoms with Crippen molar-refractivity contribution < 1.29 is 9.59 Å². The predicted octanol–water partition coefficient (Wildman–Crippen LogP) is 2.61. The molecule has 0 saturated heterocycles. The monoisotopic (exact) mass is 344 g/mol. The standard InChI is InChI=1S/C20H16N4O2/c25-19-15-9-5-4-8-14(15)16(12-23-19)20(26)24-18-17(21-10-11-22-18)13-6-2-1-3-7-13/h1-11,16H,12H2,(H,23,25)(H,22,24,26). The summed E-state index contributed by atoms with van der Waals surface area (Å²) in [5, 5.41) is 5.64. The summed E-state index contributed by atoms with van der Waals surface area (Å²) >= 11 is 0. The first kappa shape index (κ1) is 16.0. The van der Waals surface area contributed by atoms with Gasteiger partial charge in [-0.3, -0.25) is 14.6 Å². The van der Waals surface area contributed by atoms with Crippen molar-refractivity contribution in [2.75, 3.05) is 11.9 Å². The molecule has 2 N–H and O–H groups in total. The van der Waals surface area contributed by atoms with Crippen LogP contribution < -0.4 is 10.6 Å². The van der Waals surface area contributed by atoms with Gasteiger partial charge in [-0.25, -0.2) is 4.98 Å². The first-order chi connectivity index (χ1) is 12.7. The van der Waals surface area contributed by atoms with E-state index in [0.717, 1.165) is 11.1 Å². The maximum Gasteiger partial charge on any atom is 0.251 e. The Morgan fingerprint density at radius 2 is 1.73 bits per heavy atom. The van der Waals surface area contributed by atoms with E-state index in [9.17, 15) is 9.59 Å². The van der Waals surface area contributed by atoms with Crippen molar-refractivity contribution in [3.63, 3.8) is 0 Å². The molecule has 0 saturated carbocycles. The first-order valence-electron chi connectivity index (χ1n) is 8.28. The van der Waals surface area contributed by atoms with Gasteiger partial charge in [0.15, 0.2) is 5.82 Å². The van der Waals surface area contributed by atoms with Crippen molar-refractivity contribution in [3.05, 3.63) is 78.1 Å². The number of fused-ring (bicyclic) bond motifs is 1. The molecule has 4 rings (SSSR count). The highest BCUT2D eigenvalue weighted by atomic mass is 16.2. The molecule has 26 heavy (non-hydrogen) atoms. The topological polar surface area (TPSA) is 84.0 Å². The first-order valence-corrected chi connectivity index (χ1v) is 8.28. The van der Waals surface area contributed by atoms with Crippen LogP contribution in [0.5, 0.6) is 0 Å². The summed E-state index contributed by atoms with van der Waals surface area (Å²) in [6.45, 7) is 0.253. The van der Waals surface area contributed by atoms with Crippen LogP contribution in [-0.2, 0) is 4.79 Å². The van der Waals surface area contributed by atoms with E-state index in [1.165, 1.54) is 0 Å². The fourth-order valence-electron chi connectivity index (χ4n) is 3.08. The molecule has 6 nitrogen and oxygen atoms in total. The van der Waals surface area contributed by atoms with Crippen molar-refractivity contribution in [1.82, 2.24) is 15.3 Å². The maximum absolute atomic E-state index is 12.9. The third kappa shape index (κ3) is 2.93. The molecule has 1 unspecified atom stereocenters. The Bertz CT molecular complexity index is 972. The number of hydrogen-bond donors (Lipinski definition) is 2. The van der Waals surface area contributed by atoms with Gasteiger partial charge in [0.05, 0.1) is 5.92 Å². The van der Waals surface area contributed by atoms with Crippen molar-refractivity contribution >= 4 is 17.6 Å². The molecule has 6 heteroatoms. The SMILES string of the molecule is O=C1NCC(C(=O)Nc2nccnc2-c2ccccc2)c2ccccc21. The van der Waals surface area contributed by atoms with Gasteiger partial charge in [-0.2, -0.15) is 0 Å². The summed E-state index contributed by atoms with van der Waals surface area (Å²) < 4.78 is 0. The third-order valence-corrected chi connectivity index (χ3v) is 4.35. The van der Waals surface area contributed by atoms with Crippen LogP contribution in [0.4, 0.5) is 5.82 Å². The Morgan fingerprint density at radius 1 is 1.00 bits per heavy atom. The van der Waals surface area contributed by atoms with Gasteiger partial charge >= 0.3 is 0 Å². The van der Waals surface area contributed by atoms with Crippen LogP contribution in [0.3, 0.4) is 0 Å². The molecule has 0 radical (unpaired) electrons. The second kappa shape index (κ2) is 6.76. The zero-order valence-corrected chi connectivity index (χ0v) is 13.8. The molecule has 1 aromatic heterocycles. The van der Waals surface area contributed by atoms with Gasteiger partial charge in [0, 0.05) is 30.1 Å². The van der Waals surface area contributed by atoms with Crippen molar-refractivity contribution in [1.29, 1.82) is 0 Å². The second-order valence-electron chi connectivity index (χ2n) is 5.96. The number of nitrogens with one attached hydrogen (secondary N) is 2. The summed E-state index contributed by atoms with van der Waals surface area (Å²) in [7, 11) is 0. The molecule has 0 spiro atoms. The number of benzene rings is 2. The Labute approximate surface area is 150 Å². The summed E-state index contributed by atoms with van der Waals surface area (Å²) in [4.78, 5) is 33.5. The number of hydrogen-bond acceptors (Lipinski definition) is 4. The fraction of sp³-hybridized carbons (Fsp3) is 0.100. The van der Waals surface area contributed by atoms with E-state index in [-0.39, 0.29) is 18.4 Å². The highest BCUT2D eigenvalue weighted by Gasteiger charge is 2.30. The van der Waals surface area contributed by atoms with E-state index >= 15 is 0 Å². The quantitative estimate of drug-likeness (QED) is 0.765. The summed E-state index contributed by atoms with van der Waals surface area (Å²) in [5.41, 5.74) is 2.73. The van der Waals surface area contributed by atoms with Crippen LogP contribution in [0.25, 0.3) is 11.3 Å². The van der Waals surface area contributed by atoms with Crippen LogP contribution in [0.2, 0.25) is 0 Å². The van der Waals surface area contributed by atoms with Crippen molar-refractivity contribution in [2.24, 2.45) is 0 Å². The third-order valence-electron chi connectivity index (χ3n) is 4.35. The fourth-order valence-corrected chi connectivity index (χ4v) is 3.08. The van der Waals surface area contributed by atoms with Crippen molar-refractivity contribution in [2.45, 2.75) is 5.92 Å². The zero-order valence-electron chi connectivity index (χ0n) is 13.8. The molecular formula is C20H16N4O2. The van der Waals surface area contributed by atoms with E-state index < -0.39 is 5.92 Å². The minimum atomic E-state index is -0.477. The molecular weight excluding hydrogens is 328 g/mol. The molecule has 1 atom stereocenters. The van der Waals surface area contributed by atoms with E-state index in [1.807, 2.05) is 42.5 Å². The van der Waals surface area contributed by atoms with Gasteiger partial charge in [0.2, 0.25) is 5.91 Å². The molecule has 2 amide bonds. The lowest BCUT2D eigenvalue weighted by Crippen LogP contribution is -2.40. The summed E-state index contributed by atoms with van der Waals surface area (Å²) in [6, 6.07) is 16.7. The van der Waals surface area contributed by atoms with Gasteiger partial charge in [-0.1, -0.05) is 48.5 Å². The number of nitrogens with zero attached hydrogens (tertiary/aromatic N) is 2. The Morgan fingerprint density at radius 3 is 2.58 bits per heavy atom. The summed E-state index contributed by atoms with van der Waals surface area (Å²) in [5.74, 6) is -0.461. The largest absolute Gasteiger partial charge is 0.351 e. The predicted molar refractivity (Wildman–Crippen MR) is 97.6 cm³/mol. The van der Waals surface area contributed by atoms with Crippen LogP contribution in [0.15, 0.2) is 67.0 Å². The number of rotatable bonds is 3. The van der Waals surface area contributed by atoms with Gasteiger partial charge in [-0.15, -0.1) is 0 Å². The molecule has 1 aliphatic rings. The van der Waals surface area contributed by atoms with Crippen LogP contribution in [0.1, 0.15) is 21.8 Å². The second-order valence-corrected chi connectivity index (χ2v) is 5.96. The van der Waals surface area contributed by atoms with Gasteiger partial charge < -0.3 is 10.6 Å². The molecule has 1 aliphatic heterocycles. The Kier molecular flexibility index (Phi) is 4.15. The highest BCUT2D eigenvalue weighted by Crippen LogP contribution is 2.27. The molecule has 3 aromatic rings. The average molecular weight is 344 g/mol. The summed E-state index contributed by atoms with van der Waals surface area (Å²) in [6.07, 6.45) is 3.13. The molecule has 2 heterocycles.